The van der Waals surface area contributed by atoms with E-state index >= 15 is 0 Å². The van der Waals surface area contributed by atoms with Crippen LogP contribution in [0.25, 0.3) is 17.2 Å². The number of aromatic amines is 1. The van der Waals surface area contributed by atoms with Crippen molar-refractivity contribution in [2.45, 2.75) is 32.6 Å². The molecule has 146 valence electrons. The van der Waals surface area contributed by atoms with E-state index in [0.717, 1.165) is 24.1 Å². The number of hydrogen-bond donors (Lipinski definition) is 2. The van der Waals surface area contributed by atoms with Crippen LogP contribution in [0.15, 0.2) is 29.9 Å². The Balaban J connectivity index is 1.34. The van der Waals surface area contributed by atoms with Gasteiger partial charge in [0.2, 0.25) is 11.8 Å². The van der Waals surface area contributed by atoms with Gasteiger partial charge < -0.3 is 0 Å². The smallest absolute Gasteiger partial charge is 0.295 e. The lowest BCUT2D eigenvalue weighted by Gasteiger charge is -2.16. The summed E-state index contributed by atoms with van der Waals surface area (Å²) in [6.45, 7) is 1.74. The molecule has 0 radical (unpaired) electrons. The fourth-order valence-electron chi connectivity index (χ4n) is 3.50. The largest absolute Gasteiger partial charge is 0.297 e. The molecule has 10 heteroatoms. The molecule has 5 rings (SSSR count). The van der Waals surface area contributed by atoms with Crippen molar-refractivity contribution < 1.29 is 4.79 Å². The number of fused-ring (bicyclic) bond motifs is 1. The highest BCUT2D eigenvalue weighted by molar-refractivity contribution is 7.14. The zero-order chi connectivity index (χ0) is 19.8. The van der Waals surface area contributed by atoms with Crippen molar-refractivity contribution in [1.82, 2.24) is 34.9 Å². The van der Waals surface area contributed by atoms with E-state index in [-0.39, 0.29) is 5.82 Å². The molecule has 1 aliphatic carbocycles. The van der Waals surface area contributed by atoms with Crippen molar-refractivity contribution >= 4 is 22.4 Å². The minimum absolute atomic E-state index is 0.0458. The quantitative estimate of drug-likeness (QED) is 0.539. The number of anilines is 1. The van der Waals surface area contributed by atoms with E-state index in [1.165, 1.54) is 46.3 Å². The van der Waals surface area contributed by atoms with Gasteiger partial charge in [0, 0.05) is 10.9 Å². The van der Waals surface area contributed by atoms with E-state index in [1.54, 1.807) is 6.92 Å². The van der Waals surface area contributed by atoms with Crippen LogP contribution in [0.3, 0.4) is 0 Å². The van der Waals surface area contributed by atoms with Crippen LogP contribution < -0.4 is 5.32 Å². The summed E-state index contributed by atoms with van der Waals surface area (Å²) in [4.78, 5) is 25.4. The van der Waals surface area contributed by atoms with Gasteiger partial charge in [0.1, 0.15) is 12.2 Å². The van der Waals surface area contributed by atoms with Gasteiger partial charge in [0.25, 0.3) is 5.91 Å². The number of aryl methyl sites for hydroxylation is 3. The molecule has 3 heterocycles. The number of thiazole rings is 1. The van der Waals surface area contributed by atoms with Gasteiger partial charge in [-0.2, -0.15) is 14.8 Å². The number of carbonyl (C=O) groups is 1. The Morgan fingerprint density at radius 3 is 2.90 bits per heavy atom. The lowest BCUT2D eigenvalue weighted by Crippen LogP contribution is -2.14. The summed E-state index contributed by atoms with van der Waals surface area (Å²) in [6.07, 6.45) is 6.14. The van der Waals surface area contributed by atoms with E-state index in [1.807, 2.05) is 5.38 Å². The summed E-state index contributed by atoms with van der Waals surface area (Å²) < 4.78 is 1.43. The topological polar surface area (TPSA) is 114 Å². The van der Waals surface area contributed by atoms with E-state index < -0.39 is 5.91 Å². The van der Waals surface area contributed by atoms with E-state index in [4.69, 9.17) is 0 Å². The first-order valence-corrected chi connectivity index (χ1v) is 10.2. The van der Waals surface area contributed by atoms with Gasteiger partial charge in [-0.05, 0) is 49.8 Å². The first-order valence-electron chi connectivity index (χ1n) is 9.36. The van der Waals surface area contributed by atoms with Crippen LogP contribution in [0.5, 0.6) is 0 Å². The molecule has 29 heavy (non-hydrogen) atoms. The van der Waals surface area contributed by atoms with Crippen LogP contribution in [0.2, 0.25) is 0 Å². The monoisotopic (exact) mass is 406 g/mol. The molecule has 2 N–H and O–H groups in total. The minimum atomic E-state index is -0.419. The number of nitrogens with zero attached hydrogens (tertiary/aromatic N) is 6. The van der Waals surface area contributed by atoms with Crippen LogP contribution >= 0.6 is 11.3 Å². The maximum atomic E-state index is 12.6. The number of benzene rings is 1. The number of carbonyl (C=O) groups excluding carboxylic acids is 1. The molecule has 4 aromatic rings. The van der Waals surface area contributed by atoms with Crippen molar-refractivity contribution in [3.63, 3.8) is 0 Å². The number of H-pyrrole nitrogens is 1. The molecule has 1 aliphatic rings. The third-order valence-electron chi connectivity index (χ3n) is 4.94. The molecule has 0 atom stereocenters. The maximum absolute atomic E-state index is 12.6. The Kier molecular flexibility index (Phi) is 4.39. The van der Waals surface area contributed by atoms with Crippen LogP contribution in [-0.2, 0) is 12.8 Å². The maximum Gasteiger partial charge on any atom is 0.297 e. The number of aromatic nitrogens is 7. The molecule has 1 amide bonds. The second-order valence-corrected chi connectivity index (χ2v) is 7.74. The summed E-state index contributed by atoms with van der Waals surface area (Å²) >= 11 is 1.38. The predicted molar refractivity (Wildman–Crippen MR) is 108 cm³/mol. The lowest BCUT2D eigenvalue weighted by molar-refractivity contribution is 0.101. The highest BCUT2D eigenvalue weighted by Crippen LogP contribution is 2.29. The molecule has 0 unspecified atom stereocenters. The Morgan fingerprint density at radius 1 is 1.21 bits per heavy atom. The fraction of sp³-hybridized carbons (Fsp3) is 0.263. The summed E-state index contributed by atoms with van der Waals surface area (Å²) in [7, 11) is 0. The molecular formula is C19H18N8OS. The van der Waals surface area contributed by atoms with Crippen LogP contribution in [-0.4, -0.2) is 40.8 Å². The Morgan fingerprint density at radius 2 is 2.07 bits per heavy atom. The second kappa shape index (κ2) is 7.21. The van der Waals surface area contributed by atoms with E-state index in [2.05, 4.69) is 53.8 Å². The average Bonchev–Trinajstić information content (AvgIpc) is 3.48. The zero-order valence-corrected chi connectivity index (χ0v) is 16.5. The van der Waals surface area contributed by atoms with Crippen molar-refractivity contribution in [3.05, 3.63) is 52.7 Å². The van der Waals surface area contributed by atoms with Crippen molar-refractivity contribution in [3.8, 4) is 17.2 Å². The third-order valence-corrected chi connectivity index (χ3v) is 5.70. The van der Waals surface area contributed by atoms with Crippen LogP contribution in [0.4, 0.5) is 5.13 Å². The van der Waals surface area contributed by atoms with Gasteiger partial charge in [0.05, 0.1) is 5.69 Å². The first kappa shape index (κ1) is 17.7. The molecule has 0 bridgehead atoms. The highest BCUT2D eigenvalue weighted by Gasteiger charge is 2.18. The van der Waals surface area contributed by atoms with Gasteiger partial charge in [-0.25, -0.2) is 15.1 Å². The molecule has 0 fully saturated rings. The molecule has 0 saturated heterocycles. The van der Waals surface area contributed by atoms with Crippen LogP contribution in [0, 0.1) is 6.92 Å². The second-order valence-electron chi connectivity index (χ2n) is 6.89. The molecule has 9 nitrogen and oxygen atoms in total. The van der Waals surface area contributed by atoms with Crippen LogP contribution in [0.1, 0.15) is 40.4 Å². The lowest BCUT2D eigenvalue weighted by atomic mass is 9.90. The normalized spacial score (nSPS) is 13.3. The standard InChI is InChI=1S/C19H18N8OS/c1-11-22-16(26-27(11)18-20-10-21-25-18)17(28)24-19-23-15(9-29-19)14-7-6-12-4-2-3-5-13(12)8-14/h6-10H,2-5H2,1H3,(H,20,21,25)(H,23,24,28). The highest BCUT2D eigenvalue weighted by atomic mass is 32.1. The number of rotatable bonds is 4. The van der Waals surface area contributed by atoms with Gasteiger partial charge in [-0.15, -0.1) is 16.4 Å². The number of nitrogens with one attached hydrogen (secondary N) is 2. The average molecular weight is 406 g/mol. The molecule has 3 aromatic heterocycles. The minimum Gasteiger partial charge on any atom is -0.295 e. The zero-order valence-electron chi connectivity index (χ0n) is 15.7. The van der Waals surface area contributed by atoms with Crippen molar-refractivity contribution in [1.29, 1.82) is 0 Å². The molecule has 0 aliphatic heterocycles. The predicted octanol–water partition coefficient (Wildman–Crippen LogP) is 2.95. The third kappa shape index (κ3) is 3.42. The molecule has 0 saturated carbocycles. The first-order chi connectivity index (χ1) is 14.2. The Hall–Kier alpha value is -3.40. The molecule has 1 aromatic carbocycles. The molecular weight excluding hydrogens is 388 g/mol. The summed E-state index contributed by atoms with van der Waals surface area (Å²) in [5, 5.41) is 15.9. The van der Waals surface area contributed by atoms with Gasteiger partial charge in [-0.1, -0.05) is 12.1 Å². The van der Waals surface area contributed by atoms with Crippen molar-refractivity contribution in [2.24, 2.45) is 0 Å². The summed E-state index contributed by atoms with van der Waals surface area (Å²) in [5.74, 6) is 0.556. The van der Waals surface area contributed by atoms with E-state index in [0.29, 0.717) is 16.9 Å². The SMILES string of the molecule is Cc1nc(C(=O)Nc2nc(-c3ccc4c(c3)CCCC4)cs2)nn1-c1ncn[nH]1. The van der Waals surface area contributed by atoms with Gasteiger partial charge >= 0.3 is 0 Å². The summed E-state index contributed by atoms with van der Waals surface area (Å²) in [6, 6.07) is 6.53. The summed E-state index contributed by atoms with van der Waals surface area (Å²) in [5.41, 5.74) is 4.78. The Bertz CT molecular complexity index is 1180. The Labute approximate surface area is 170 Å². The van der Waals surface area contributed by atoms with E-state index in [9.17, 15) is 4.79 Å². The van der Waals surface area contributed by atoms with Gasteiger partial charge in [0.15, 0.2) is 5.13 Å². The van der Waals surface area contributed by atoms with Gasteiger partial charge in [-0.3, -0.25) is 10.1 Å². The fourth-order valence-corrected chi connectivity index (χ4v) is 4.21. The number of amides is 1. The van der Waals surface area contributed by atoms with Crippen molar-refractivity contribution in [2.75, 3.05) is 5.32 Å². The molecule has 0 spiro atoms. The number of hydrogen-bond acceptors (Lipinski definition) is 7.